The third kappa shape index (κ3) is 6.43. The molecule has 2 unspecified atom stereocenters. The summed E-state index contributed by atoms with van der Waals surface area (Å²) >= 11 is 0. The molecular formula is C19H19NNaO6P2+. The van der Waals surface area contributed by atoms with Crippen molar-refractivity contribution in [3.05, 3.63) is 79.1 Å². The largest absolute Gasteiger partial charge is 1.00 e. The zero-order valence-corrected chi connectivity index (χ0v) is 19.5. The quantitative estimate of drug-likeness (QED) is 0.265. The molecule has 3 aromatic rings. The first-order valence-electron chi connectivity index (χ1n) is 8.38. The standard InChI is InChI=1S/C19H19NO6P2.Na/c21-27(22,23)19(28(24,25)26)14-20-11-9-16(10-12-20)18-8-4-7-17(13-18)15-5-2-1-3-6-15;/h1-13,19H,14H2,(H3-,21,22,23,24,25,26);/q;+1. The Balaban J connectivity index is 0.00000300. The molecule has 0 saturated heterocycles. The van der Waals surface area contributed by atoms with Crippen molar-refractivity contribution < 1.29 is 62.8 Å². The minimum absolute atomic E-state index is 0. The summed E-state index contributed by atoms with van der Waals surface area (Å²) in [6.45, 7) is -0.550. The molecule has 3 N–H and O–H groups in total. The molecule has 10 heteroatoms. The van der Waals surface area contributed by atoms with Crippen LogP contribution in [0.25, 0.3) is 22.3 Å². The van der Waals surface area contributed by atoms with E-state index in [0.29, 0.717) is 0 Å². The minimum atomic E-state index is -5.21. The van der Waals surface area contributed by atoms with E-state index in [0.717, 1.165) is 22.3 Å². The molecule has 3 rings (SSSR count). The summed E-state index contributed by atoms with van der Waals surface area (Å²) in [6, 6.07) is 21.2. The first-order chi connectivity index (χ1) is 13.1. The fourth-order valence-electron chi connectivity index (χ4n) is 2.87. The van der Waals surface area contributed by atoms with Crippen molar-refractivity contribution in [1.82, 2.24) is 0 Å². The molecule has 0 spiro atoms. The van der Waals surface area contributed by atoms with Gasteiger partial charge < -0.3 is 24.1 Å². The molecule has 0 saturated carbocycles. The van der Waals surface area contributed by atoms with Gasteiger partial charge in [-0.15, -0.1) is 0 Å². The third-order valence-electron chi connectivity index (χ3n) is 4.33. The molecule has 0 bridgehead atoms. The fourth-order valence-corrected chi connectivity index (χ4v) is 5.19. The molecule has 0 fully saturated rings. The molecule has 2 atom stereocenters. The Morgan fingerprint density at radius 3 is 1.76 bits per heavy atom. The van der Waals surface area contributed by atoms with E-state index < -0.39 is 27.1 Å². The Hall–Kier alpha value is -1.11. The van der Waals surface area contributed by atoms with Gasteiger partial charge in [0.1, 0.15) is 0 Å². The molecule has 1 aromatic heterocycles. The molecule has 0 aliphatic heterocycles. The van der Waals surface area contributed by atoms with Crippen LogP contribution in [0.3, 0.4) is 0 Å². The molecule has 0 aliphatic carbocycles. The van der Waals surface area contributed by atoms with E-state index in [2.05, 4.69) is 0 Å². The van der Waals surface area contributed by atoms with Crippen molar-refractivity contribution in [2.45, 2.75) is 11.9 Å². The molecule has 0 amide bonds. The molecule has 1 heterocycles. The second kappa shape index (κ2) is 9.80. The normalized spacial score (nSPS) is 14.5. The fraction of sp³-hybridized carbons (Fsp3) is 0.105. The van der Waals surface area contributed by atoms with E-state index in [9.17, 15) is 23.8 Å². The van der Waals surface area contributed by atoms with Gasteiger partial charge in [-0.25, -0.2) is 4.57 Å². The van der Waals surface area contributed by atoms with Crippen molar-refractivity contribution >= 4 is 15.2 Å². The second-order valence-electron chi connectivity index (χ2n) is 6.36. The van der Waals surface area contributed by atoms with Crippen LogP contribution in [0, 0.1) is 0 Å². The van der Waals surface area contributed by atoms with E-state index >= 15 is 0 Å². The molecule has 29 heavy (non-hydrogen) atoms. The van der Waals surface area contributed by atoms with Crippen LogP contribution in [-0.4, -0.2) is 20.1 Å². The van der Waals surface area contributed by atoms with Gasteiger partial charge in [-0.3, -0.25) is 4.57 Å². The van der Waals surface area contributed by atoms with Gasteiger partial charge in [0.2, 0.25) is 0 Å². The monoisotopic (exact) mass is 442 g/mol. The van der Waals surface area contributed by atoms with Gasteiger partial charge in [-0.1, -0.05) is 48.5 Å². The third-order valence-corrected chi connectivity index (χ3v) is 7.97. The maximum absolute atomic E-state index is 11.4. The number of pyridine rings is 1. The van der Waals surface area contributed by atoms with Crippen molar-refractivity contribution in [3.63, 3.8) is 0 Å². The minimum Gasteiger partial charge on any atom is -0.778 e. The van der Waals surface area contributed by atoms with Crippen LogP contribution in [-0.2, 0) is 15.7 Å². The van der Waals surface area contributed by atoms with Crippen LogP contribution in [0.2, 0.25) is 0 Å². The van der Waals surface area contributed by atoms with Gasteiger partial charge in [0.15, 0.2) is 31.9 Å². The summed E-state index contributed by atoms with van der Waals surface area (Å²) in [7, 11) is -10.2. The summed E-state index contributed by atoms with van der Waals surface area (Å²) in [4.78, 5) is 38.9. The van der Waals surface area contributed by atoms with E-state index in [1.54, 1.807) is 12.1 Å². The molecular weight excluding hydrogens is 423 g/mol. The maximum atomic E-state index is 11.4. The molecule has 0 radical (unpaired) electrons. The van der Waals surface area contributed by atoms with E-state index in [4.69, 9.17) is 4.89 Å². The van der Waals surface area contributed by atoms with Gasteiger partial charge in [0.05, 0.1) is 0 Å². The number of aromatic nitrogens is 1. The molecule has 7 nitrogen and oxygen atoms in total. The van der Waals surface area contributed by atoms with Gasteiger partial charge in [0.25, 0.3) is 0 Å². The Morgan fingerprint density at radius 1 is 0.793 bits per heavy atom. The van der Waals surface area contributed by atoms with Crippen molar-refractivity contribution in [2.24, 2.45) is 0 Å². The van der Waals surface area contributed by atoms with Crippen LogP contribution in [0.15, 0.2) is 79.1 Å². The topological polar surface area (TPSA) is 122 Å². The van der Waals surface area contributed by atoms with Gasteiger partial charge >= 0.3 is 37.2 Å². The predicted octanol–water partition coefficient (Wildman–Crippen LogP) is -0.638. The Labute approximate surface area is 190 Å². The van der Waals surface area contributed by atoms with E-state index in [1.807, 2.05) is 54.6 Å². The van der Waals surface area contributed by atoms with Crippen LogP contribution in [0.5, 0.6) is 0 Å². The van der Waals surface area contributed by atoms with Crippen molar-refractivity contribution in [1.29, 1.82) is 0 Å². The van der Waals surface area contributed by atoms with Gasteiger partial charge in [-0.2, -0.15) is 0 Å². The predicted molar refractivity (Wildman–Crippen MR) is 103 cm³/mol. The van der Waals surface area contributed by atoms with Crippen molar-refractivity contribution in [3.8, 4) is 22.3 Å². The zero-order valence-electron chi connectivity index (χ0n) is 15.7. The van der Waals surface area contributed by atoms with Gasteiger partial charge in [-0.05, 0) is 28.3 Å². The van der Waals surface area contributed by atoms with Crippen LogP contribution < -0.4 is 39.0 Å². The summed E-state index contributed by atoms with van der Waals surface area (Å²) in [5, 5.41) is -2.18. The average Bonchev–Trinajstić information content (AvgIpc) is 2.66. The number of hydrogen-bond donors (Lipinski definition) is 3. The second-order valence-corrected chi connectivity index (χ2v) is 10.3. The molecule has 0 aliphatic rings. The summed E-state index contributed by atoms with van der Waals surface area (Å²) in [5.41, 5.74) is 3.92. The van der Waals surface area contributed by atoms with Crippen molar-refractivity contribution in [2.75, 3.05) is 0 Å². The summed E-state index contributed by atoms with van der Waals surface area (Å²) in [6.07, 6.45) is 3.03. The summed E-state index contributed by atoms with van der Waals surface area (Å²) < 4.78 is 24.0. The molecule has 146 valence electrons. The number of nitrogens with zero attached hydrogens (tertiary/aromatic N) is 1. The van der Waals surface area contributed by atoms with Crippen LogP contribution in [0.1, 0.15) is 0 Å². The Bertz CT molecular complexity index is 1030. The van der Waals surface area contributed by atoms with Crippen LogP contribution >= 0.6 is 15.2 Å². The van der Waals surface area contributed by atoms with E-state index in [1.165, 1.54) is 17.0 Å². The zero-order chi connectivity index (χ0) is 20.4. The Morgan fingerprint density at radius 2 is 1.28 bits per heavy atom. The number of hydrogen-bond acceptors (Lipinski definition) is 3. The Kier molecular flexibility index (Phi) is 8.16. The maximum Gasteiger partial charge on any atom is 1.00 e. The molecule has 2 aromatic carbocycles. The first kappa shape index (κ1) is 24.2. The van der Waals surface area contributed by atoms with E-state index in [-0.39, 0.29) is 29.6 Å². The smallest absolute Gasteiger partial charge is 0.778 e. The summed E-state index contributed by atoms with van der Waals surface area (Å²) in [5.74, 6) is 0. The van der Waals surface area contributed by atoms with Crippen LogP contribution in [0.4, 0.5) is 0 Å². The SMILES string of the molecule is O=P([O-])(O)C(C[n+]1ccc(-c2cccc(-c3ccccc3)c2)cc1)P(=O)(O)O.[Na+]. The number of benzene rings is 2. The first-order valence-corrected chi connectivity index (χ1v) is 11.7. The average molecular weight is 442 g/mol. The van der Waals surface area contributed by atoms with Gasteiger partial charge in [0, 0.05) is 12.1 Å². The number of rotatable bonds is 6.